The van der Waals surface area contributed by atoms with Gasteiger partial charge in [-0.25, -0.2) is 0 Å². The Balaban J connectivity index is 0.000000183. The highest BCUT2D eigenvalue weighted by Crippen LogP contribution is 2.29. The maximum Gasteiger partial charge on any atom is 0.122 e. The number of alkyl halides is 1. The van der Waals surface area contributed by atoms with Gasteiger partial charge in [-0.2, -0.15) is 0 Å². The minimum atomic E-state index is -0.156. The van der Waals surface area contributed by atoms with E-state index in [0.717, 1.165) is 90.5 Å². The molecule has 0 amide bonds. The SMILES string of the molecule is CC1(Oc2ccc(Cl)cc2)CCNC1.Cc1ccccc1OCCBr.Cc1ccccc1OCCN1CCC(C)(Oc2ccc(Cl)cc2)C1. The normalized spacial score (nSPS) is 20.0. The molecule has 6 nitrogen and oxygen atoms in total. The van der Waals surface area contributed by atoms with Gasteiger partial charge >= 0.3 is 0 Å². The molecule has 2 unspecified atom stereocenters. The van der Waals surface area contributed by atoms with Crippen molar-refractivity contribution in [1.82, 2.24) is 10.2 Å². The van der Waals surface area contributed by atoms with Gasteiger partial charge in [-0.3, -0.25) is 4.90 Å². The first kappa shape index (κ1) is 38.9. The second kappa shape index (κ2) is 19.5. The van der Waals surface area contributed by atoms with Crippen molar-refractivity contribution >= 4 is 39.1 Å². The van der Waals surface area contributed by atoms with Crippen molar-refractivity contribution < 1.29 is 18.9 Å². The first-order valence-electron chi connectivity index (χ1n) is 16.8. The lowest BCUT2D eigenvalue weighted by Gasteiger charge is -2.26. The van der Waals surface area contributed by atoms with Crippen LogP contribution in [0.1, 0.15) is 37.8 Å². The zero-order valence-electron chi connectivity index (χ0n) is 29.0. The molecule has 9 heteroatoms. The predicted octanol–water partition coefficient (Wildman–Crippen LogP) is 9.81. The summed E-state index contributed by atoms with van der Waals surface area (Å²) in [6.45, 7) is 14.6. The van der Waals surface area contributed by atoms with Crippen LogP contribution in [0.15, 0.2) is 97.1 Å². The lowest BCUT2D eigenvalue weighted by Crippen LogP contribution is -2.37. The lowest BCUT2D eigenvalue weighted by molar-refractivity contribution is 0.0934. The second-order valence-electron chi connectivity index (χ2n) is 12.9. The first-order chi connectivity index (χ1) is 23.6. The van der Waals surface area contributed by atoms with E-state index < -0.39 is 0 Å². The van der Waals surface area contributed by atoms with E-state index in [4.69, 9.17) is 42.1 Å². The molecule has 2 fully saturated rings. The van der Waals surface area contributed by atoms with Gasteiger partial charge in [0.05, 0.1) is 6.61 Å². The summed E-state index contributed by atoms with van der Waals surface area (Å²) in [5.41, 5.74) is 2.15. The standard InChI is InChI=1S/C20H24ClNO2.C11H14ClNO.C9H11BrO/c1-16-5-3-4-6-19(16)23-14-13-22-12-11-20(2,15-22)24-18-9-7-17(21)8-10-18;1-11(6-7-13-8-11)14-10-4-2-9(12)3-5-10;1-8-4-2-3-5-9(8)11-7-6-10/h3-10H,11-15H2,1-2H3;2-5,13H,6-8H2,1H3;2-5H,6-7H2,1H3. The third-order valence-corrected chi connectivity index (χ3v) is 9.21. The van der Waals surface area contributed by atoms with Crippen LogP contribution in [0.2, 0.25) is 10.0 Å². The second-order valence-corrected chi connectivity index (χ2v) is 14.5. The molecule has 2 aliphatic rings. The summed E-state index contributed by atoms with van der Waals surface area (Å²) in [4.78, 5) is 2.40. The average Bonchev–Trinajstić information content (AvgIpc) is 3.69. The Morgan fingerprint density at radius 1 is 0.694 bits per heavy atom. The third-order valence-electron chi connectivity index (χ3n) is 8.39. The number of halogens is 3. The minimum absolute atomic E-state index is 0.0617. The molecular weight excluding hydrogens is 723 g/mol. The fourth-order valence-electron chi connectivity index (χ4n) is 5.63. The Morgan fingerprint density at radius 3 is 1.69 bits per heavy atom. The minimum Gasteiger partial charge on any atom is -0.492 e. The Kier molecular flexibility index (Phi) is 15.4. The monoisotopic (exact) mass is 770 g/mol. The summed E-state index contributed by atoms with van der Waals surface area (Å²) in [5.74, 6) is 3.71. The van der Waals surface area contributed by atoms with Crippen LogP contribution in [0.25, 0.3) is 0 Å². The molecule has 2 atom stereocenters. The zero-order valence-corrected chi connectivity index (χ0v) is 32.1. The van der Waals surface area contributed by atoms with E-state index >= 15 is 0 Å². The number of nitrogens with zero attached hydrogens (tertiary/aromatic N) is 1. The summed E-state index contributed by atoms with van der Waals surface area (Å²) in [5, 5.41) is 5.64. The molecule has 6 rings (SSSR count). The Labute approximate surface area is 311 Å². The van der Waals surface area contributed by atoms with Crippen LogP contribution in [0.5, 0.6) is 23.0 Å². The quantitative estimate of drug-likeness (QED) is 0.153. The van der Waals surface area contributed by atoms with Crippen LogP contribution in [-0.2, 0) is 0 Å². The number of hydrogen-bond acceptors (Lipinski definition) is 6. The van der Waals surface area contributed by atoms with Crippen LogP contribution >= 0.6 is 39.1 Å². The average molecular weight is 773 g/mol. The van der Waals surface area contributed by atoms with E-state index in [1.807, 2.05) is 97.9 Å². The molecule has 0 aliphatic carbocycles. The number of hydrogen-bond donors (Lipinski definition) is 1. The molecule has 2 aliphatic heterocycles. The van der Waals surface area contributed by atoms with Crippen LogP contribution < -0.4 is 24.3 Å². The number of rotatable bonds is 11. The molecule has 0 spiro atoms. The van der Waals surface area contributed by atoms with Crippen molar-refractivity contribution in [3.05, 3.63) is 118 Å². The Hall–Kier alpha value is -2.94. The van der Waals surface area contributed by atoms with Crippen molar-refractivity contribution in [3.8, 4) is 23.0 Å². The van der Waals surface area contributed by atoms with E-state index in [-0.39, 0.29) is 11.2 Å². The maximum absolute atomic E-state index is 6.19. The van der Waals surface area contributed by atoms with Crippen LogP contribution in [0.3, 0.4) is 0 Å². The summed E-state index contributed by atoms with van der Waals surface area (Å²) >= 11 is 15.0. The number of likely N-dealkylation sites (tertiary alicyclic amines) is 1. The molecule has 0 bridgehead atoms. The highest BCUT2D eigenvalue weighted by Gasteiger charge is 2.35. The molecule has 4 aromatic carbocycles. The Bertz CT molecular complexity index is 1550. The summed E-state index contributed by atoms with van der Waals surface area (Å²) in [7, 11) is 0. The molecule has 49 heavy (non-hydrogen) atoms. The highest BCUT2D eigenvalue weighted by molar-refractivity contribution is 9.09. The van der Waals surface area contributed by atoms with Crippen molar-refractivity contribution in [2.24, 2.45) is 0 Å². The number of aryl methyl sites for hydroxylation is 2. The van der Waals surface area contributed by atoms with Gasteiger partial charge in [-0.05, 0) is 106 Å². The smallest absolute Gasteiger partial charge is 0.122 e. The van der Waals surface area contributed by atoms with Gasteiger partial charge in [0.1, 0.15) is 40.8 Å². The van der Waals surface area contributed by atoms with Crippen molar-refractivity contribution in [1.29, 1.82) is 0 Å². The van der Waals surface area contributed by atoms with Crippen molar-refractivity contribution in [2.75, 3.05) is 51.3 Å². The summed E-state index contributed by atoms with van der Waals surface area (Å²) in [6, 6.07) is 31.3. The maximum atomic E-state index is 6.19. The van der Waals surface area contributed by atoms with Gasteiger partial charge < -0.3 is 24.3 Å². The largest absolute Gasteiger partial charge is 0.492 e. The third kappa shape index (κ3) is 13.4. The summed E-state index contributed by atoms with van der Waals surface area (Å²) in [6.07, 6.45) is 2.07. The van der Waals surface area contributed by atoms with Gasteiger partial charge in [0.2, 0.25) is 0 Å². The van der Waals surface area contributed by atoms with Gasteiger partial charge in [0.25, 0.3) is 0 Å². The fourth-order valence-corrected chi connectivity index (χ4v) is 6.04. The molecule has 0 aromatic heterocycles. The summed E-state index contributed by atoms with van der Waals surface area (Å²) < 4.78 is 23.4. The van der Waals surface area contributed by atoms with Gasteiger partial charge in [0, 0.05) is 54.4 Å². The number of nitrogens with one attached hydrogen (secondary N) is 1. The topological polar surface area (TPSA) is 52.2 Å². The number of para-hydroxylation sites is 2. The molecular formula is C40H49BrCl2N2O4. The molecule has 2 heterocycles. The van der Waals surface area contributed by atoms with Crippen molar-refractivity contribution in [3.63, 3.8) is 0 Å². The lowest BCUT2D eigenvalue weighted by atomic mass is 10.1. The molecule has 1 N–H and O–H groups in total. The van der Waals surface area contributed by atoms with E-state index in [1.54, 1.807) is 0 Å². The predicted molar refractivity (Wildman–Crippen MR) is 207 cm³/mol. The molecule has 2 saturated heterocycles. The van der Waals surface area contributed by atoms with Crippen LogP contribution in [0.4, 0.5) is 0 Å². The van der Waals surface area contributed by atoms with E-state index in [2.05, 4.69) is 53.0 Å². The molecule has 0 saturated carbocycles. The number of ether oxygens (including phenoxy) is 4. The molecule has 0 radical (unpaired) electrons. The van der Waals surface area contributed by atoms with Gasteiger partial charge in [-0.15, -0.1) is 0 Å². The van der Waals surface area contributed by atoms with E-state index in [9.17, 15) is 0 Å². The number of benzene rings is 4. The highest BCUT2D eigenvalue weighted by atomic mass is 79.9. The fraction of sp³-hybridized carbons (Fsp3) is 0.400. The van der Waals surface area contributed by atoms with Gasteiger partial charge in [-0.1, -0.05) is 75.5 Å². The van der Waals surface area contributed by atoms with Crippen LogP contribution in [0, 0.1) is 13.8 Å². The molecule has 264 valence electrons. The molecule has 4 aromatic rings. The Morgan fingerprint density at radius 2 is 1.20 bits per heavy atom. The van der Waals surface area contributed by atoms with Gasteiger partial charge in [0.15, 0.2) is 0 Å². The van der Waals surface area contributed by atoms with E-state index in [0.29, 0.717) is 6.61 Å². The first-order valence-corrected chi connectivity index (χ1v) is 18.7. The van der Waals surface area contributed by atoms with E-state index in [1.165, 1.54) is 11.1 Å². The van der Waals surface area contributed by atoms with Crippen molar-refractivity contribution in [2.45, 2.75) is 51.7 Å². The van der Waals surface area contributed by atoms with Crippen LogP contribution in [-0.4, -0.2) is 67.4 Å². The zero-order chi connectivity index (χ0) is 35.1.